The van der Waals surface area contributed by atoms with E-state index in [2.05, 4.69) is 9.57 Å². The molecule has 7 nitrogen and oxygen atoms in total. The van der Waals surface area contributed by atoms with Gasteiger partial charge in [-0.05, 0) is 0 Å². The molecule has 1 aliphatic heterocycles. The van der Waals surface area contributed by atoms with Crippen molar-refractivity contribution in [3.8, 4) is 0 Å². The Hall–Kier alpha value is -1.02. The van der Waals surface area contributed by atoms with Gasteiger partial charge in [0.25, 0.3) is 5.78 Å². The normalized spacial score (nSPS) is 30.4. The van der Waals surface area contributed by atoms with Gasteiger partial charge < -0.3 is 14.9 Å². The van der Waals surface area contributed by atoms with Crippen LogP contribution in [0, 0.1) is 0 Å². The first-order valence-electron chi connectivity index (χ1n) is 3.51. The third-order valence-electron chi connectivity index (χ3n) is 1.75. The van der Waals surface area contributed by atoms with Crippen LogP contribution in [0.4, 0.5) is 0 Å². The fourth-order valence-corrected chi connectivity index (χ4v) is 1.02. The molecule has 74 valence electrons. The minimum atomic E-state index is -1.62. The van der Waals surface area contributed by atoms with Crippen molar-refractivity contribution < 1.29 is 29.4 Å². The van der Waals surface area contributed by atoms with Gasteiger partial charge >= 0.3 is 5.97 Å². The Labute approximate surface area is 73.0 Å². The van der Waals surface area contributed by atoms with Crippen LogP contribution in [0.2, 0.25) is 0 Å². The van der Waals surface area contributed by atoms with E-state index in [-0.39, 0.29) is 0 Å². The number of hydrogen-bond acceptors (Lipinski definition) is 7. The molecule has 0 bridgehead atoms. The molecule has 1 fully saturated rings. The summed E-state index contributed by atoms with van der Waals surface area (Å²) in [6.45, 7) is -0.557. The van der Waals surface area contributed by atoms with E-state index in [0.717, 1.165) is 0 Å². The molecule has 0 spiro atoms. The van der Waals surface area contributed by atoms with Gasteiger partial charge in [0.2, 0.25) is 0 Å². The molecule has 13 heavy (non-hydrogen) atoms. The van der Waals surface area contributed by atoms with E-state index in [1.807, 2.05) is 0 Å². The highest BCUT2D eigenvalue weighted by molar-refractivity contribution is 6.37. The molecule has 0 aromatic heterocycles. The number of aliphatic hydroxyl groups is 2. The number of rotatable bonds is 3. The number of carbonyl (C=O) groups excluding carboxylic acids is 2. The molecule has 0 amide bonds. The van der Waals surface area contributed by atoms with Crippen LogP contribution < -0.4 is 5.90 Å². The highest BCUT2D eigenvalue weighted by atomic mass is 16.7. The second kappa shape index (κ2) is 3.79. The van der Waals surface area contributed by atoms with Gasteiger partial charge in [0, 0.05) is 0 Å². The van der Waals surface area contributed by atoms with Gasteiger partial charge in [0.15, 0.2) is 12.2 Å². The van der Waals surface area contributed by atoms with Crippen LogP contribution in [0.1, 0.15) is 0 Å². The first-order valence-corrected chi connectivity index (χ1v) is 3.51. The Morgan fingerprint density at radius 1 is 1.62 bits per heavy atom. The fraction of sp³-hybridized carbons (Fsp3) is 0.667. The Bertz CT molecular complexity index is 225. The molecule has 1 rings (SSSR count). The summed E-state index contributed by atoms with van der Waals surface area (Å²) in [6, 6.07) is 0. The Morgan fingerprint density at radius 3 is 2.54 bits per heavy atom. The summed E-state index contributed by atoms with van der Waals surface area (Å²) >= 11 is 0. The van der Waals surface area contributed by atoms with Crippen LogP contribution in [-0.4, -0.2) is 46.9 Å². The summed E-state index contributed by atoms with van der Waals surface area (Å²) in [6.07, 6.45) is -3.94. The van der Waals surface area contributed by atoms with Crippen LogP contribution in [-0.2, 0) is 19.2 Å². The van der Waals surface area contributed by atoms with Gasteiger partial charge in [0.05, 0.1) is 6.61 Å². The number of ether oxygens (including phenoxy) is 1. The number of nitrogens with two attached hydrogens (primary N) is 1. The van der Waals surface area contributed by atoms with Crippen LogP contribution in [0.15, 0.2) is 0 Å². The Balaban J connectivity index is 2.72. The van der Waals surface area contributed by atoms with Crippen molar-refractivity contribution in [2.75, 3.05) is 6.61 Å². The Kier molecular flexibility index (Phi) is 2.94. The first-order chi connectivity index (χ1) is 6.11. The largest absolute Gasteiger partial charge is 0.450 e. The minimum absolute atomic E-state index is 0.557. The van der Waals surface area contributed by atoms with Crippen LogP contribution in [0.3, 0.4) is 0 Å². The summed E-state index contributed by atoms with van der Waals surface area (Å²) in [5.41, 5.74) is 0. The van der Waals surface area contributed by atoms with Crippen LogP contribution >= 0.6 is 0 Å². The number of Topliss-reactive ketones (excluding diaryl/α,β-unsaturated/α-hetero) is 1. The SMILES string of the molecule is NOC(CO)C1OC(=O)C(=O)C1O. The summed E-state index contributed by atoms with van der Waals surface area (Å²) in [5, 5.41) is 17.8. The third-order valence-corrected chi connectivity index (χ3v) is 1.75. The van der Waals surface area contributed by atoms with E-state index in [9.17, 15) is 9.59 Å². The van der Waals surface area contributed by atoms with Gasteiger partial charge in [-0.15, -0.1) is 0 Å². The molecular weight excluding hydrogens is 182 g/mol. The fourth-order valence-electron chi connectivity index (χ4n) is 1.02. The molecule has 0 aliphatic carbocycles. The lowest BCUT2D eigenvalue weighted by molar-refractivity contribution is -0.154. The standard InChI is InChI=1S/C6H9NO6/c7-13-2(1-8)5-3(9)4(10)6(11)12-5/h2-3,5,8-9H,1,7H2. The number of cyclic esters (lactones) is 1. The van der Waals surface area contributed by atoms with Crippen molar-refractivity contribution in [1.82, 2.24) is 0 Å². The zero-order valence-electron chi connectivity index (χ0n) is 6.54. The molecule has 0 saturated carbocycles. The van der Waals surface area contributed by atoms with Gasteiger partial charge in [-0.25, -0.2) is 10.7 Å². The van der Waals surface area contributed by atoms with Crippen molar-refractivity contribution in [3.63, 3.8) is 0 Å². The maximum atomic E-state index is 10.7. The number of esters is 1. The lowest BCUT2D eigenvalue weighted by Crippen LogP contribution is -2.42. The van der Waals surface area contributed by atoms with Crippen LogP contribution in [0.5, 0.6) is 0 Å². The van der Waals surface area contributed by atoms with Crippen molar-refractivity contribution >= 4 is 11.8 Å². The van der Waals surface area contributed by atoms with Gasteiger partial charge in [-0.1, -0.05) is 0 Å². The topological polar surface area (TPSA) is 119 Å². The molecule has 0 aromatic rings. The average Bonchev–Trinajstić information content (AvgIpc) is 2.36. The second-order valence-corrected chi connectivity index (χ2v) is 2.54. The summed E-state index contributed by atoms with van der Waals surface area (Å²) in [5.74, 6) is 2.54. The first kappa shape index (κ1) is 10.1. The number of aliphatic hydroxyl groups excluding tert-OH is 2. The van der Waals surface area contributed by atoms with Gasteiger partial charge in [0.1, 0.15) is 6.10 Å². The molecule has 3 unspecified atom stereocenters. The molecule has 1 saturated heterocycles. The van der Waals surface area contributed by atoms with Crippen molar-refractivity contribution in [1.29, 1.82) is 0 Å². The zero-order valence-corrected chi connectivity index (χ0v) is 6.54. The zero-order chi connectivity index (χ0) is 10.0. The van der Waals surface area contributed by atoms with E-state index in [0.29, 0.717) is 0 Å². The quantitative estimate of drug-likeness (QED) is 0.248. The third kappa shape index (κ3) is 1.68. The molecule has 4 N–H and O–H groups in total. The minimum Gasteiger partial charge on any atom is -0.450 e. The summed E-state index contributed by atoms with van der Waals surface area (Å²) < 4.78 is 4.43. The highest BCUT2D eigenvalue weighted by Crippen LogP contribution is 2.16. The molecular formula is C6H9NO6. The predicted octanol–water partition coefficient (Wildman–Crippen LogP) is -2.91. The Morgan fingerprint density at radius 2 is 2.23 bits per heavy atom. The predicted molar refractivity (Wildman–Crippen MR) is 37.0 cm³/mol. The highest BCUT2D eigenvalue weighted by Gasteiger charge is 2.46. The maximum Gasteiger partial charge on any atom is 0.378 e. The van der Waals surface area contributed by atoms with Crippen LogP contribution in [0.25, 0.3) is 0 Å². The molecule has 7 heteroatoms. The van der Waals surface area contributed by atoms with Gasteiger partial charge in [-0.3, -0.25) is 9.63 Å². The van der Waals surface area contributed by atoms with E-state index in [1.54, 1.807) is 0 Å². The van der Waals surface area contributed by atoms with Crippen molar-refractivity contribution in [2.45, 2.75) is 18.3 Å². The monoisotopic (exact) mass is 191 g/mol. The van der Waals surface area contributed by atoms with E-state index >= 15 is 0 Å². The smallest absolute Gasteiger partial charge is 0.378 e. The lowest BCUT2D eigenvalue weighted by Gasteiger charge is -2.19. The second-order valence-electron chi connectivity index (χ2n) is 2.54. The molecule has 1 heterocycles. The number of ketones is 1. The molecule has 0 radical (unpaired) electrons. The van der Waals surface area contributed by atoms with E-state index < -0.39 is 36.7 Å². The summed E-state index contributed by atoms with van der Waals surface area (Å²) in [4.78, 5) is 25.6. The number of carbonyl (C=O) groups is 2. The average molecular weight is 191 g/mol. The van der Waals surface area contributed by atoms with E-state index in [1.165, 1.54) is 0 Å². The van der Waals surface area contributed by atoms with Crippen molar-refractivity contribution in [2.24, 2.45) is 5.90 Å². The number of hydrogen-bond donors (Lipinski definition) is 3. The molecule has 3 atom stereocenters. The lowest BCUT2D eigenvalue weighted by atomic mass is 10.1. The maximum absolute atomic E-state index is 10.7. The molecule has 1 aliphatic rings. The van der Waals surface area contributed by atoms with Gasteiger partial charge in [-0.2, -0.15) is 0 Å². The van der Waals surface area contributed by atoms with Crippen molar-refractivity contribution in [3.05, 3.63) is 0 Å². The summed E-state index contributed by atoms with van der Waals surface area (Å²) in [7, 11) is 0. The van der Waals surface area contributed by atoms with E-state index in [4.69, 9.17) is 16.1 Å². The molecule has 0 aromatic carbocycles.